The van der Waals surface area contributed by atoms with Gasteiger partial charge in [0.15, 0.2) is 0 Å². The van der Waals surface area contributed by atoms with Gasteiger partial charge in [0.25, 0.3) is 0 Å². The fraction of sp³-hybridized carbons (Fsp3) is 0.588. The summed E-state index contributed by atoms with van der Waals surface area (Å²) in [5, 5.41) is 3.42. The number of hydrogen-bond donors (Lipinski definition) is 1. The molecule has 1 unspecified atom stereocenters. The van der Waals surface area contributed by atoms with Gasteiger partial charge in [0.1, 0.15) is 6.04 Å². The van der Waals surface area contributed by atoms with Crippen molar-refractivity contribution < 1.29 is 4.79 Å². The lowest BCUT2D eigenvalue weighted by Gasteiger charge is -2.32. The van der Waals surface area contributed by atoms with Gasteiger partial charge in [-0.15, -0.1) is 0 Å². The number of benzene rings is 1. The van der Waals surface area contributed by atoms with E-state index in [9.17, 15) is 4.79 Å². The zero-order chi connectivity index (χ0) is 13.8. The summed E-state index contributed by atoms with van der Waals surface area (Å²) in [4.78, 5) is 14.9. The Bertz CT molecular complexity index is 464. The van der Waals surface area contributed by atoms with Gasteiger partial charge in [0, 0.05) is 19.6 Å². The quantitative estimate of drug-likeness (QED) is 0.852. The molecule has 1 amide bonds. The number of carbonyl (C=O) groups is 1. The van der Waals surface area contributed by atoms with Crippen LogP contribution in [0.25, 0.3) is 0 Å². The van der Waals surface area contributed by atoms with Gasteiger partial charge in [0.2, 0.25) is 5.91 Å². The average Bonchev–Trinajstić information content (AvgIpc) is 2.46. The summed E-state index contributed by atoms with van der Waals surface area (Å²) in [6.45, 7) is 2.76. The fourth-order valence-corrected chi connectivity index (χ4v) is 3.38. The molecule has 2 aliphatic rings. The lowest BCUT2D eigenvalue weighted by atomic mass is 9.93. The summed E-state index contributed by atoms with van der Waals surface area (Å²) in [5.41, 5.74) is 2.52. The zero-order valence-corrected chi connectivity index (χ0v) is 12.1. The SMILES string of the molecule is O=C(C1NCCc2ccccc21)N1CCCCCCC1. The van der Waals surface area contributed by atoms with Crippen molar-refractivity contribution in [3.8, 4) is 0 Å². The number of fused-ring (bicyclic) bond motifs is 1. The van der Waals surface area contributed by atoms with Crippen molar-refractivity contribution >= 4 is 5.91 Å². The summed E-state index contributed by atoms with van der Waals surface area (Å²) < 4.78 is 0. The molecule has 0 aromatic heterocycles. The minimum absolute atomic E-state index is 0.126. The normalized spacial score (nSPS) is 23.6. The highest BCUT2D eigenvalue weighted by atomic mass is 16.2. The first-order valence-electron chi connectivity index (χ1n) is 7.96. The van der Waals surface area contributed by atoms with E-state index in [2.05, 4.69) is 28.4 Å². The van der Waals surface area contributed by atoms with Crippen molar-refractivity contribution in [2.45, 2.75) is 44.6 Å². The highest BCUT2D eigenvalue weighted by Crippen LogP contribution is 2.25. The summed E-state index contributed by atoms with van der Waals surface area (Å²) in [7, 11) is 0. The van der Waals surface area contributed by atoms with Crippen LogP contribution in [0.15, 0.2) is 24.3 Å². The molecule has 108 valence electrons. The van der Waals surface area contributed by atoms with Crippen LogP contribution >= 0.6 is 0 Å². The van der Waals surface area contributed by atoms with Gasteiger partial charge in [-0.2, -0.15) is 0 Å². The van der Waals surface area contributed by atoms with Crippen LogP contribution in [0.3, 0.4) is 0 Å². The third kappa shape index (κ3) is 2.88. The molecule has 3 heteroatoms. The van der Waals surface area contributed by atoms with Gasteiger partial charge in [-0.1, -0.05) is 43.5 Å². The molecule has 0 saturated carbocycles. The van der Waals surface area contributed by atoms with E-state index >= 15 is 0 Å². The number of hydrogen-bond acceptors (Lipinski definition) is 2. The van der Waals surface area contributed by atoms with Crippen LogP contribution in [-0.2, 0) is 11.2 Å². The molecule has 0 bridgehead atoms. The first-order valence-corrected chi connectivity index (χ1v) is 7.96. The molecular formula is C17H24N2O. The molecule has 1 atom stereocenters. The lowest BCUT2D eigenvalue weighted by Crippen LogP contribution is -2.44. The molecule has 20 heavy (non-hydrogen) atoms. The van der Waals surface area contributed by atoms with E-state index in [0.29, 0.717) is 0 Å². The topological polar surface area (TPSA) is 32.3 Å². The average molecular weight is 272 g/mol. The molecule has 0 aliphatic carbocycles. The number of rotatable bonds is 1. The van der Waals surface area contributed by atoms with Crippen LogP contribution in [0.5, 0.6) is 0 Å². The lowest BCUT2D eigenvalue weighted by molar-refractivity contribution is -0.134. The monoisotopic (exact) mass is 272 g/mol. The fourth-order valence-electron chi connectivity index (χ4n) is 3.38. The number of nitrogens with zero attached hydrogens (tertiary/aromatic N) is 1. The maximum absolute atomic E-state index is 12.8. The molecule has 1 N–H and O–H groups in total. The summed E-state index contributed by atoms with van der Waals surface area (Å²) in [5.74, 6) is 0.277. The molecule has 2 aliphatic heterocycles. The van der Waals surface area contributed by atoms with Gasteiger partial charge in [-0.05, 0) is 30.4 Å². The molecular weight excluding hydrogens is 248 g/mol. The second-order valence-electron chi connectivity index (χ2n) is 5.93. The smallest absolute Gasteiger partial charge is 0.244 e. The van der Waals surface area contributed by atoms with Gasteiger partial charge >= 0.3 is 0 Å². The molecule has 2 heterocycles. The third-order valence-electron chi connectivity index (χ3n) is 4.52. The van der Waals surface area contributed by atoms with Crippen molar-refractivity contribution in [1.29, 1.82) is 0 Å². The van der Waals surface area contributed by atoms with Crippen molar-refractivity contribution in [2.75, 3.05) is 19.6 Å². The Morgan fingerprint density at radius 2 is 1.75 bits per heavy atom. The van der Waals surface area contributed by atoms with E-state index in [1.165, 1.54) is 30.4 Å². The van der Waals surface area contributed by atoms with E-state index in [1.807, 2.05) is 6.07 Å². The van der Waals surface area contributed by atoms with Crippen LogP contribution in [0.1, 0.15) is 49.3 Å². The van der Waals surface area contributed by atoms with E-state index in [0.717, 1.165) is 38.9 Å². The molecule has 3 nitrogen and oxygen atoms in total. The van der Waals surface area contributed by atoms with Crippen LogP contribution in [0.4, 0.5) is 0 Å². The molecule has 1 aromatic rings. The van der Waals surface area contributed by atoms with Crippen LogP contribution in [-0.4, -0.2) is 30.4 Å². The van der Waals surface area contributed by atoms with Crippen molar-refractivity contribution in [3.05, 3.63) is 35.4 Å². The van der Waals surface area contributed by atoms with Crippen LogP contribution in [0.2, 0.25) is 0 Å². The van der Waals surface area contributed by atoms with E-state index in [-0.39, 0.29) is 11.9 Å². The summed E-state index contributed by atoms with van der Waals surface area (Å²) in [6, 6.07) is 8.25. The van der Waals surface area contributed by atoms with Gasteiger partial charge in [0.05, 0.1) is 0 Å². The molecule has 3 rings (SSSR count). The maximum atomic E-state index is 12.8. The first-order chi connectivity index (χ1) is 9.86. The van der Waals surface area contributed by atoms with Crippen LogP contribution in [0, 0.1) is 0 Å². The molecule has 1 saturated heterocycles. The molecule has 0 spiro atoms. The Balaban J connectivity index is 1.76. The highest BCUT2D eigenvalue weighted by molar-refractivity contribution is 5.84. The van der Waals surface area contributed by atoms with Gasteiger partial charge < -0.3 is 10.2 Å². The molecule has 0 radical (unpaired) electrons. The Morgan fingerprint density at radius 1 is 1.05 bits per heavy atom. The maximum Gasteiger partial charge on any atom is 0.244 e. The Labute approximate surface area is 121 Å². The van der Waals surface area contributed by atoms with Gasteiger partial charge in [-0.25, -0.2) is 0 Å². The molecule has 1 fully saturated rings. The second kappa shape index (κ2) is 6.40. The Kier molecular flexibility index (Phi) is 4.36. The Morgan fingerprint density at radius 3 is 2.55 bits per heavy atom. The van der Waals surface area contributed by atoms with E-state index < -0.39 is 0 Å². The first kappa shape index (κ1) is 13.6. The van der Waals surface area contributed by atoms with Crippen molar-refractivity contribution in [2.24, 2.45) is 0 Å². The van der Waals surface area contributed by atoms with E-state index in [1.54, 1.807) is 0 Å². The van der Waals surface area contributed by atoms with E-state index in [4.69, 9.17) is 0 Å². The zero-order valence-electron chi connectivity index (χ0n) is 12.1. The van der Waals surface area contributed by atoms with Crippen LogP contribution < -0.4 is 5.32 Å². The molecule has 1 aromatic carbocycles. The number of likely N-dealkylation sites (tertiary alicyclic amines) is 1. The largest absolute Gasteiger partial charge is 0.341 e. The number of carbonyl (C=O) groups excluding carboxylic acids is 1. The minimum atomic E-state index is -0.126. The predicted octanol–water partition coefficient (Wildman–Crippen LogP) is 2.67. The predicted molar refractivity (Wildman–Crippen MR) is 80.6 cm³/mol. The number of nitrogens with one attached hydrogen (secondary N) is 1. The standard InChI is InChI=1S/C17H24N2O/c20-17(19-12-6-2-1-3-7-13-19)16-15-9-5-4-8-14(15)10-11-18-16/h4-5,8-9,16,18H,1-3,6-7,10-13H2. The van der Waals surface area contributed by atoms with Crippen molar-refractivity contribution in [1.82, 2.24) is 10.2 Å². The summed E-state index contributed by atoms with van der Waals surface area (Å²) >= 11 is 0. The second-order valence-corrected chi connectivity index (χ2v) is 5.93. The van der Waals surface area contributed by atoms with Gasteiger partial charge in [-0.3, -0.25) is 4.79 Å². The van der Waals surface area contributed by atoms with Crippen molar-refractivity contribution in [3.63, 3.8) is 0 Å². The minimum Gasteiger partial charge on any atom is -0.341 e. The Hall–Kier alpha value is -1.35. The number of amides is 1. The highest BCUT2D eigenvalue weighted by Gasteiger charge is 2.29. The third-order valence-corrected chi connectivity index (χ3v) is 4.52. The summed E-state index contributed by atoms with van der Waals surface area (Å²) in [6.07, 6.45) is 7.18.